The molecule has 1 atom stereocenters. The molecule has 0 spiro atoms. The molecule has 0 amide bonds. The number of rotatable bonds is 7. The summed E-state index contributed by atoms with van der Waals surface area (Å²) in [5.41, 5.74) is 0. The van der Waals surface area contributed by atoms with E-state index in [2.05, 4.69) is 13.8 Å². The third-order valence-electron chi connectivity index (χ3n) is 1.96. The van der Waals surface area contributed by atoms with Gasteiger partial charge in [0.2, 0.25) is 0 Å². The summed E-state index contributed by atoms with van der Waals surface area (Å²) < 4.78 is 10.6. The second kappa shape index (κ2) is 7.96. The zero-order chi connectivity index (χ0) is 10.1. The van der Waals surface area contributed by atoms with Crippen LogP contribution in [0, 0.1) is 5.92 Å². The van der Waals surface area contributed by atoms with E-state index in [1.807, 2.05) is 19.9 Å². The van der Waals surface area contributed by atoms with Gasteiger partial charge in [-0.1, -0.05) is 20.3 Å². The molecular weight excluding hydrogens is 164 g/mol. The van der Waals surface area contributed by atoms with Crippen LogP contribution >= 0.6 is 0 Å². The van der Waals surface area contributed by atoms with E-state index in [0.29, 0.717) is 25.1 Å². The number of hydrogen-bond donors (Lipinski definition) is 0. The van der Waals surface area contributed by atoms with Crippen LogP contribution in [0.25, 0.3) is 0 Å². The Bertz CT molecular complexity index is 133. The molecule has 0 bridgehead atoms. The van der Waals surface area contributed by atoms with E-state index in [9.17, 15) is 0 Å². The Morgan fingerprint density at radius 3 is 2.08 bits per heavy atom. The van der Waals surface area contributed by atoms with Gasteiger partial charge in [-0.05, 0) is 32.3 Å². The highest BCUT2D eigenvalue weighted by atomic mass is 16.7. The molecule has 0 N–H and O–H groups in total. The predicted molar refractivity (Wildman–Crippen MR) is 55.4 cm³/mol. The molecule has 0 fully saturated rings. The Kier molecular flexibility index (Phi) is 7.56. The fraction of sp³-hybridized carbons (Fsp3) is 0.818. The van der Waals surface area contributed by atoms with Gasteiger partial charge in [-0.25, -0.2) is 0 Å². The minimum Gasteiger partial charge on any atom is -0.466 e. The van der Waals surface area contributed by atoms with E-state index in [1.165, 1.54) is 6.42 Å². The van der Waals surface area contributed by atoms with Crippen molar-refractivity contribution >= 4 is 0 Å². The lowest BCUT2D eigenvalue weighted by atomic mass is 10.1. The van der Waals surface area contributed by atoms with E-state index in [4.69, 9.17) is 9.47 Å². The first-order valence-electron chi connectivity index (χ1n) is 5.20. The lowest BCUT2D eigenvalue weighted by Crippen LogP contribution is -1.99. The van der Waals surface area contributed by atoms with Crippen molar-refractivity contribution in [2.45, 2.75) is 40.5 Å². The second-order valence-electron chi connectivity index (χ2n) is 3.14. The maximum absolute atomic E-state index is 5.32. The van der Waals surface area contributed by atoms with Crippen molar-refractivity contribution in [1.29, 1.82) is 0 Å². The molecular formula is C11H22O2. The zero-order valence-corrected chi connectivity index (χ0v) is 9.30. The van der Waals surface area contributed by atoms with E-state index in [0.717, 1.165) is 6.42 Å². The van der Waals surface area contributed by atoms with Gasteiger partial charge in [0, 0.05) is 0 Å². The molecule has 0 aromatic carbocycles. The number of ether oxygens (including phenoxy) is 2. The van der Waals surface area contributed by atoms with Crippen LogP contribution in [0.15, 0.2) is 12.0 Å². The Hall–Kier alpha value is -0.660. The van der Waals surface area contributed by atoms with Gasteiger partial charge in [-0.3, -0.25) is 0 Å². The van der Waals surface area contributed by atoms with Gasteiger partial charge < -0.3 is 9.47 Å². The summed E-state index contributed by atoms with van der Waals surface area (Å²) in [5, 5.41) is 0. The van der Waals surface area contributed by atoms with Gasteiger partial charge in [0.25, 0.3) is 5.95 Å². The van der Waals surface area contributed by atoms with Crippen molar-refractivity contribution in [2.24, 2.45) is 5.92 Å². The van der Waals surface area contributed by atoms with Gasteiger partial charge in [0.1, 0.15) is 0 Å². The topological polar surface area (TPSA) is 18.5 Å². The molecule has 78 valence electrons. The van der Waals surface area contributed by atoms with E-state index in [1.54, 1.807) is 0 Å². The van der Waals surface area contributed by atoms with Crippen molar-refractivity contribution in [3.05, 3.63) is 12.0 Å². The molecule has 0 saturated carbocycles. The molecule has 0 aliphatic carbocycles. The summed E-state index contributed by atoms with van der Waals surface area (Å²) >= 11 is 0. The average Bonchev–Trinajstić information content (AvgIpc) is 2.14. The predicted octanol–water partition coefficient (Wildman–Crippen LogP) is 3.34. The minimum atomic E-state index is 0.673. The average molecular weight is 186 g/mol. The second-order valence-corrected chi connectivity index (χ2v) is 3.14. The molecule has 0 aliphatic rings. The maximum Gasteiger partial charge on any atom is 0.274 e. The van der Waals surface area contributed by atoms with E-state index < -0.39 is 0 Å². The molecule has 0 rings (SSSR count). The standard InChI is InChI=1S/C11H22O2/c1-5-10(4)8-9-11(12-6-2)13-7-3/h9-10H,5-8H2,1-4H3. The normalized spacial score (nSPS) is 12.0. The highest BCUT2D eigenvalue weighted by Crippen LogP contribution is 2.10. The summed E-state index contributed by atoms with van der Waals surface area (Å²) in [4.78, 5) is 0. The quantitative estimate of drug-likeness (QED) is 0.568. The third-order valence-corrected chi connectivity index (χ3v) is 1.96. The summed E-state index contributed by atoms with van der Waals surface area (Å²) in [6.07, 6.45) is 4.27. The van der Waals surface area contributed by atoms with Crippen LogP contribution < -0.4 is 0 Å². The van der Waals surface area contributed by atoms with Crippen molar-refractivity contribution < 1.29 is 9.47 Å². The van der Waals surface area contributed by atoms with Crippen LogP contribution in [0.3, 0.4) is 0 Å². The lowest BCUT2D eigenvalue weighted by Gasteiger charge is -2.10. The molecule has 0 aliphatic heterocycles. The lowest BCUT2D eigenvalue weighted by molar-refractivity contribution is 0.0450. The first-order valence-corrected chi connectivity index (χ1v) is 5.20. The van der Waals surface area contributed by atoms with Crippen LogP contribution in [-0.2, 0) is 9.47 Å². The first-order chi connectivity index (χ1) is 6.24. The SMILES string of the molecule is CCOC(=CCC(C)CC)OCC. The molecule has 0 heterocycles. The van der Waals surface area contributed by atoms with Crippen LogP contribution in [0.2, 0.25) is 0 Å². The van der Waals surface area contributed by atoms with E-state index in [-0.39, 0.29) is 0 Å². The summed E-state index contributed by atoms with van der Waals surface area (Å²) in [5.74, 6) is 1.39. The summed E-state index contributed by atoms with van der Waals surface area (Å²) in [7, 11) is 0. The van der Waals surface area contributed by atoms with Crippen LogP contribution in [0.1, 0.15) is 40.5 Å². The molecule has 0 saturated heterocycles. The third kappa shape index (κ3) is 6.50. The van der Waals surface area contributed by atoms with Gasteiger partial charge in [-0.2, -0.15) is 0 Å². The fourth-order valence-electron chi connectivity index (χ4n) is 0.908. The Morgan fingerprint density at radius 1 is 1.15 bits per heavy atom. The maximum atomic E-state index is 5.32. The van der Waals surface area contributed by atoms with Crippen molar-refractivity contribution in [2.75, 3.05) is 13.2 Å². The van der Waals surface area contributed by atoms with Gasteiger partial charge in [0.15, 0.2) is 0 Å². The monoisotopic (exact) mass is 186 g/mol. The van der Waals surface area contributed by atoms with Crippen LogP contribution in [0.4, 0.5) is 0 Å². The highest BCUT2D eigenvalue weighted by molar-refractivity contribution is 4.85. The van der Waals surface area contributed by atoms with E-state index >= 15 is 0 Å². The summed E-state index contributed by atoms with van der Waals surface area (Å²) in [6.45, 7) is 9.70. The number of hydrogen-bond acceptors (Lipinski definition) is 2. The highest BCUT2D eigenvalue weighted by Gasteiger charge is 2.00. The molecule has 13 heavy (non-hydrogen) atoms. The van der Waals surface area contributed by atoms with Crippen LogP contribution in [-0.4, -0.2) is 13.2 Å². The van der Waals surface area contributed by atoms with Crippen molar-refractivity contribution in [1.82, 2.24) is 0 Å². The van der Waals surface area contributed by atoms with Crippen LogP contribution in [0.5, 0.6) is 0 Å². The van der Waals surface area contributed by atoms with Gasteiger partial charge >= 0.3 is 0 Å². The molecule has 2 heteroatoms. The Balaban J connectivity index is 3.86. The molecule has 0 radical (unpaired) electrons. The first kappa shape index (κ1) is 12.3. The molecule has 0 aromatic heterocycles. The molecule has 1 unspecified atom stereocenters. The van der Waals surface area contributed by atoms with Crippen molar-refractivity contribution in [3.63, 3.8) is 0 Å². The van der Waals surface area contributed by atoms with Gasteiger partial charge in [0.05, 0.1) is 13.2 Å². The largest absolute Gasteiger partial charge is 0.466 e. The smallest absolute Gasteiger partial charge is 0.274 e. The van der Waals surface area contributed by atoms with Crippen molar-refractivity contribution in [3.8, 4) is 0 Å². The Morgan fingerprint density at radius 2 is 1.69 bits per heavy atom. The fourth-order valence-corrected chi connectivity index (χ4v) is 0.908. The van der Waals surface area contributed by atoms with Gasteiger partial charge in [-0.15, -0.1) is 0 Å². The summed E-state index contributed by atoms with van der Waals surface area (Å²) in [6, 6.07) is 0. The Labute approximate surface area is 81.9 Å². The molecule has 0 aromatic rings. The minimum absolute atomic E-state index is 0.673. The number of allylic oxidation sites excluding steroid dienone is 1. The molecule has 2 nitrogen and oxygen atoms in total. The zero-order valence-electron chi connectivity index (χ0n) is 9.30.